The number of benzene rings is 2. The molecule has 0 bridgehead atoms. The topological polar surface area (TPSA) is 39.5 Å². The van der Waals surface area contributed by atoms with Crippen LogP contribution in [0.3, 0.4) is 0 Å². The van der Waals surface area contributed by atoms with Crippen LogP contribution < -0.4 is 4.74 Å². The molecule has 1 aliphatic rings. The lowest BCUT2D eigenvalue weighted by atomic mass is 9.85. The van der Waals surface area contributed by atoms with E-state index < -0.39 is 0 Å². The van der Waals surface area contributed by atoms with Crippen molar-refractivity contribution >= 4 is 11.6 Å². The number of hydrogen-bond acceptors (Lipinski definition) is 4. The van der Waals surface area contributed by atoms with Crippen molar-refractivity contribution < 1.29 is 9.57 Å². The summed E-state index contributed by atoms with van der Waals surface area (Å²) < 4.78 is 8.07. The number of ether oxygens (including phenoxy) is 1. The van der Waals surface area contributed by atoms with Gasteiger partial charge in [0.25, 0.3) is 0 Å². The summed E-state index contributed by atoms with van der Waals surface area (Å²) in [5.41, 5.74) is 2.05. The van der Waals surface area contributed by atoms with E-state index in [1.165, 1.54) is 5.56 Å². The van der Waals surface area contributed by atoms with E-state index in [0.717, 1.165) is 29.3 Å². The summed E-state index contributed by atoms with van der Waals surface area (Å²) in [4.78, 5) is 10.4. The maximum atomic E-state index is 6.20. The first kappa shape index (κ1) is 19.0. The molecule has 28 heavy (non-hydrogen) atoms. The predicted molar refractivity (Wildman–Crippen MR) is 109 cm³/mol. The van der Waals surface area contributed by atoms with Crippen LogP contribution >= 0.6 is 11.6 Å². The lowest BCUT2D eigenvalue weighted by molar-refractivity contribution is -0.179. The number of rotatable bonds is 6. The van der Waals surface area contributed by atoms with Gasteiger partial charge in [0.2, 0.25) is 0 Å². The summed E-state index contributed by atoms with van der Waals surface area (Å²) in [5, 5.41) is 2.68. The number of nitrogens with zero attached hydrogens (tertiary/aromatic N) is 3. The van der Waals surface area contributed by atoms with Gasteiger partial charge in [0, 0.05) is 37.4 Å². The second-order valence-electron chi connectivity index (χ2n) is 7.33. The van der Waals surface area contributed by atoms with E-state index >= 15 is 0 Å². The lowest BCUT2D eigenvalue weighted by Crippen LogP contribution is -2.41. The van der Waals surface area contributed by atoms with Crippen molar-refractivity contribution in [2.75, 3.05) is 13.7 Å². The largest absolute Gasteiger partial charge is 0.491 e. The molecule has 1 aromatic heterocycles. The number of likely N-dealkylation sites (N-methyl/N-ethyl adjacent to an activating group) is 1. The molecule has 6 heteroatoms. The van der Waals surface area contributed by atoms with Crippen LogP contribution in [0.15, 0.2) is 67.3 Å². The minimum absolute atomic E-state index is 0.0505. The molecule has 1 fully saturated rings. The van der Waals surface area contributed by atoms with E-state index in [1.807, 2.05) is 61.0 Å². The number of imidazole rings is 1. The number of aromatic nitrogens is 2. The van der Waals surface area contributed by atoms with E-state index in [1.54, 1.807) is 6.20 Å². The van der Waals surface area contributed by atoms with Gasteiger partial charge in [-0.1, -0.05) is 41.4 Å². The van der Waals surface area contributed by atoms with Gasteiger partial charge < -0.3 is 9.30 Å². The number of halogens is 1. The molecule has 146 valence electrons. The normalized spacial score (nSPS) is 22.5. The van der Waals surface area contributed by atoms with Crippen LogP contribution in [0.2, 0.25) is 5.02 Å². The first-order valence-corrected chi connectivity index (χ1v) is 9.75. The molecule has 2 aromatic carbocycles. The molecule has 2 unspecified atom stereocenters. The van der Waals surface area contributed by atoms with Gasteiger partial charge in [-0.2, -0.15) is 5.06 Å². The summed E-state index contributed by atoms with van der Waals surface area (Å²) in [6.45, 7) is 3.29. The summed E-state index contributed by atoms with van der Waals surface area (Å²) >= 11 is 6.12. The summed E-state index contributed by atoms with van der Waals surface area (Å²) in [7, 11) is 1.98. The van der Waals surface area contributed by atoms with Crippen molar-refractivity contribution in [3.8, 4) is 5.75 Å². The van der Waals surface area contributed by atoms with Crippen LogP contribution in [0.25, 0.3) is 0 Å². The Morgan fingerprint density at radius 2 is 1.93 bits per heavy atom. The number of hydrogen-bond donors (Lipinski definition) is 0. The Kier molecular flexibility index (Phi) is 5.40. The van der Waals surface area contributed by atoms with Crippen molar-refractivity contribution in [1.82, 2.24) is 14.6 Å². The molecule has 2 heterocycles. The fraction of sp³-hybridized carbons (Fsp3) is 0.318. The smallest absolute Gasteiger partial charge is 0.119 e. The minimum atomic E-state index is -0.327. The van der Waals surface area contributed by atoms with Crippen molar-refractivity contribution in [3.05, 3.63) is 83.4 Å². The maximum absolute atomic E-state index is 6.20. The number of aryl methyl sites for hydroxylation is 1. The molecule has 5 nitrogen and oxygen atoms in total. The first-order chi connectivity index (χ1) is 13.5. The second kappa shape index (κ2) is 7.95. The standard InChI is InChI=1S/C22H24ClN3O2/c1-17-3-9-20(10-4-17)27-14-21-13-22(25(2)28-21,15-26-12-11-24-16-26)18-5-7-19(23)8-6-18/h3-12,16,21H,13-15H2,1-2H3. The molecular formula is C22H24ClN3O2. The van der Waals surface area contributed by atoms with Gasteiger partial charge in [-0.15, -0.1) is 0 Å². The van der Waals surface area contributed by atoms with Crippen LogP contribution in [0.5, 0.6) is 5.75 Å². The quantitative estimate of drug-likeness (QED) is 0.615. The summed E-state index contributed by atoms with van der Waals surface area (Å²) in [6.07, 6.45) is 6.35. The highest BCUT2D eigenvalue weighted by Gasteiger charge is 2.47. The van der Waals surface area contributed by atoms with Crippen LogP contribution in [-0.2, 0) is 16.9 Å². The van der Waals surface area contributed by atoms with Gasteiger partial charge in [-0.25, -0.2) is 4.98 Å². The zero-order valence-electron chi connectivity index (χ0n) is 16.1. The summed E-state index contributed by atoms with van der Waals surface area (Å²) in [5.74, 6) is 0.857. The van der Waals surface area contributed by atoms with E-state index in [0.29, 0.717) is 6.61 Å². The monoisotopic (exact) mass is 397 g/mol. The van der Waals surface area contributed by atoms with Gasteiger partial charge in [0.15, 0.2) is 0 Å². The molecule has 2 atom stereocenters. The van der Waals surface area contributed by atoms with Crippen molar-refractivity contribution in [3.63, 3.8) is 0 Å². The zero-order valence-corrected chi connectivity index (χ0v) is 16.8. The zero-order chi connectivity index (χ0) is 19.6. The highest BCUT2D eigenvalue weighted by Crippen LogP contribution is 2.41. The molecule has 0 spiro atoms. The minimum Gasteiger partial charge on any atom is -0.491 e. The summed E-state index contributed by atoms with van der Waals surface area (Å²) in [6, 6.07) is 16.1. The molecule has 1 aliphatic heterocycles. The molecule has 0 radical (unpaired) electrons. The van der Waals surface area contributed by atoms with Crippen LogP contribution in [0.1, 0.15) is 17.5 Å². The second-order valence-corrected chi connectivity index (χ2v) is 7.76. The Labute approximate surface area is 170 Å². The lowest BCUT2D eigenvalue weighted by Gasteiger charge is -2.34. The molecule has 4 rings (SSSR count). The number of hydroxylamine groups is 2. The molecule has 1 saturated heterocycles. The molecular weight excluding hydrogens is 374 g/mol. The van der Waals surface area contributed by atoms with Crippen LogP contribution in [0.4, 0.5) is 0 Å². The molecule has 0 N–H and O–H groups in total. The van der Waals surface area contributed by atoms with Gasteiger partial charge in [0.05, 0.1) is 11.9 Å². The predicted octanol–water partition coefficient (Wildman–Crippen LogP) is 4.46. The Bertz CT molecular complexity index is 897. The van der Waals surface area contributed by atoms with Crippen molar-refractivity contribution in [2.24, 2.45) is 0 Å². The maximum Gasteiger partial charge on any atom is 0.119 e. The fourth-order valence-corrected chi connectivity index (χ4v) is 3.90. The van der Waals surface area contributed by atoms with E-state index in [9.17, 15) is 0 Å². The third-order valence-corrected chi connectivity index (χ3v) is 5.57. The van der Waals surface area contributed by atoms with Gasteiger partial charge in [-0.05, 0) is 36.8 Å². The molecule has 3 aromatic rings. The third kappa shape index (κ3) is 3.92. The SMILES string of the molecule is Cc1ccc(OCC2CC(Cn3ccnc3)(c3ccc(Cl)cc3)N(C)O2)cc1. The van der Waals surface area contributed by atoms with E-state index in [2.05, 4.69) is 28.6 Å². The van der Waals surface area contributed by atoms with Gasteiger partial charge in [0.1, 0.15) is 18.5 Å². The highest BCUT2D eigenvalue weighted by molar-refractivity contribution is 6.30. The van der Waals surface area contributed by atoms with Crippen molar-refractivity contribution in [2.45, 2.75) is 31.5 Å². The van der Waals surface area contributed by atoms with Crippen LogP contribution in [-0.4, -0.2) is 34.4 Å². The van der Waals surface area contributed by atoms with Crippen molar-refractivity contribution in [1.29, 1.82) is 0 Å². The Morgan fingerprint density at radius 3 is 2.61 bits per heavy atom. The molecule has 0 amide bonds. The highest BCUT2D eigenvalue weighted by atomic mass is 35.5. The average molecular weight is 398 g/mol. The van der Waals surface area contributed by atoms with E-state index in [4.69, 9.17) is 21.2 Å². The third-order valence-electron chi connectivity index (χ3n) is 5.32. The van der Waals surface area contributed by atoms with Gasteiger partial charge >= 0.3 is 0 Å². The molecule has 0 saturated carbocycles. The van der Waals surface area contributed by atoms with E-state index in [-0.39, 0.29) is 11.6 Å². The Balaban J connectivity index is 1.55. The first-order valence-electron chi connectivity index (χ1n) is 9.37. The fourth-order valence-electron chi connectivity index (χ4n) is 3.78. The van der Waals surface area contributed by atoms with Gasteiger partial charge in [-0.3, -0.25) is 4.84 Å². The Hall–Kier alpha value is -2.34. The average Bonchev–Trinajstić information content (AvgIpc) is 3.31. The Morgan fingerprint density at radius 1 is 1.18 bits per heavy atom. The molecule has 0 aliphatic carbocycles. The van der Waals surface area contributed by atoms with Crippen LogP contribution in [0, 0.1) is 6.92 Å².